The van der Waals surface area contributed by atoms with Gasteiger partial charge in [0.25, 0.3) is 12.3 Å². The first-order chi connectivity index (χ1) is 10.1. The van der Waals surface area contributed by atoms with Gasteiger partial charge in [0, 0.05) is 30.3 Å². The van der Waals surface area contributed by atoms with E-state index in [0.29, 0.717) is 40.1 Å². The summed E-state index contributed by atoms with van der Waals surface area (Å²) >= 11 is 1.19. The van der Waals surface area contributed by atoms with E-state index < -0.39 is 6.43 Å². The fourth-order valence-corrected chi connectivity index (χ4v) is 4.00. The Labute approximate surface area is 122 Å². The average molecular weight is 313 g/mol. The van der Waals surface area contributed by atoms with Crippen molar-refractivity contribution in [3.63, 3.8) is 0 Å². The van der Waals surface area contributed by atoms with Crippen molar-refractivity contribution in [3.05, 3.63) is 16.6 Å². The number of ether oxygens (including phenoxy) is 1. The lowest BCUT2D eigenvalue weighted by Crippen LogP contribution is -2.29. The number of carbonyl (C=O) groups is 1. The van der Waals surface area contributed by atoms with Crippen LogP contribution in [0.15, 0.2) is 6.07 Å². The molecule has 2 aromatic heterocycles. The number of halogens is 2. The monoisotopic (exact) mass is 313 g/mol. The number of nitrogens with one attached hydrogen (secondary N) is 1. The summed E-state index contributed by atoms with van der Waals surface area (Å²) in [5.41, 5.74) is -0.264. The minimum atomic E-state index is -2.64. The quantitative estimate of drug-likeness (QED) is 0.942. The van der Waals surface area contributed by atoms with Crippen molar-refractivity contribution < 1.29 is 18.3 Å². The van der Waals surface area contributed by atoms with Gasteiger partial charge in [-0.05, 0) is 6.07 Å². The van der Waals surface area contributed by atoms with E-state index in [2.05, 4.69) is 10.4 Å². The molecule has 1 saturated carbocycles. The Morgan fingerprint density at radius 3 is 2.90 bits per heavy atom. The van der Waals surface area contributed by atoms with Gasteiger partial charge in [0.2, 0.25) is 0 Å². The van der Waals surface area contributed by atoms with E-state index in [1.165, 1.54) is 22.1 Å². The molecule has 2 fully saturated rings. The summed E-state index contributed by atoms with van der Waals surface area (Å²) < 4.78 is 32.5. The second-order valence-corrected chi connectivity index (χ2v) is 6.53. The molecule has 2 aliphatic rings. The number of thiophene rings is 1. The van der Waals surface area contributed by atoms with E-state index in [4.69, 9.17) is 4.74 Å². The third-order valence-electron chi connectivity index (χ3n) is 4.22. The molecule has 21 heavy (non-hydrogen) atoms. The van der Waals surface area contributed by atoms with Gasteiger partial charge in [0.05, 0.1) is 18.1 Å². The van der Waals surface area contributed by atoms with Crippen LogP contribution in [0.1, 0.15) is 21.8 Å². The molecule has 1 N–H and O–H groups in total. The van der Waals surface area contributed by atoms with E-state index in [9.17, 15) is 13.6 Å². The minimum Gasteiger partial charge on any atom is -0.381 e. The highest BCUT2D eigenvalue weighted by atomic mass is 32.1. The second-order valence-electron chi connectivity index (χ2n) is 5.50. The predicted molar refractivity (Wildman–Crippen MR) is 72.6 cm³/mol. The van der Waals surface area contributed by atoms with E-state index in [-0.39, 0.29) is 17.6 Å². The summed E-state index contributed by atoms with van der Waals surface area (Å²) in [5, 5.41) is 7.13. The summed E-state index contributed by atoms with van der Waals surface area (Å²) in [4.78, 5) is 13.3. The molecule has 4 rings (SSSR count). The number of fused-ring (bicyclic) bond motifs is 2. The third-order valence-corrected chi connectivity index (χ3v) is 5.42. The normalized spacial score (nSPS) is 27.3. The third kappa shape index (κ3) is 1.96. The van der Waals surface area contributed by atoms with Crippen LogP contribution in [0.4, 0.5) is 8.78 Å². The molecule has 2 aromatic rings. The molecule has 1 saturated heterocycles. The molecule has 0 radical (unpaired) electrons. The Morgan fingerprint density at radius 2 is 2.24 bits per heavy atom. The first kappa shape index (κ1) is 13.1. The van der Waals surface area contributed by atoms with Crippen molar-refractivity contribution in [2.24, 2.45) is 18.9 Å². The van der Waals surface area contributed by atoms with Crippen LogP contribution in [-0.2, 0) is 11.8 Å². The molecule has 1 unspecified atom stereocenters. The highest BCUT2D eigenvalue weighted by Crippen LogP contribution is 2.44. The molecule has 0 aromatic carbocycles. The molecule has 1 aliphatic heterocycles. The summed E-state index contributed by atoms with van der Waals surface area (Å²) in [5.74, 6) is 0.638. The molecule has 5 nitrogen and oxygen atoms in total. The number of nitrogens with zero attached hydrogens (tertiary/aromatic N) is 2. The highest BCUT2D eigenvalue weighted by Gasteiger charge is 2.54. The van der Waals surface area contributed by atoms with Crippen molar-refractivity contribution in [3.8, 4) is 0 Å². The van der Waals surface area contributed by atoms with Crippen molar-refractivity contribution in [2.45, 2.75) is 12.5 Å². The topological polar surface area (TPSA) is 56.2 Å². The van der Waals surface area contributed by atoms with Gasteiger partial charge in [0.1, 0.15) is 10.5 Å². The van der Waals surface area contributed by atoms with Gasteiger partial charge in [-0.25, -0.2) is 8.78 Å². The Bertz CT molecular complexity index is 716. The van der Waals surface area contributed by atoms with Crippen molar-refractivity contribution in [2.75, 3.05) is 13.2 Å². The highest BCUT2D eigenvalue weighted by molar-refractivity contribution is 7.20. The van der Waals surface area contributed by atoms with Crippen molar-refractivity contribution >= 4 is 27.5 Å². The zero-order valence-corrected chi connectivity index (χ0v) is 12.0. The summed E-state index contributed by atoms with van der Waals surface area (Å²) in [6.07, 6.45) is -2.64. The maximum atomic E-state index is 12.9. The number of rotatable bonds is 3. The van der Waals surface area contributed by atoms with Crippen LogP contribution >= 0.6 is 11.3 Å². The summed E-state index contributed by atoms with van der Waals surface area (Å²) in [6.45, 7) is 1.39. The molecular weight excluding hydrogens is 300 g/mol. The van der Waals surface area contributed by atoms with E-state index in [0.717, 1.165) is 0 Å². The van der Waals surface area contributed by atoms with Crippen LogP contribution in [-0.4, -0.2) is 34.9 Å². The molecule has 8 heteroatoms. The van der Waals surface area contributed by atoms with Crippen LogP contribution in [0.3, 0.4) is 0 Å². The van der Waals surface area contributed by atoms with Crippen LogP contribution in [0.2, 0.25) is 0 Å². The van der Waals surface area contributed by atoms with Gasteiger partial charge in [-0.15, -0.1) is 11.3 Å². The number of hydrogen-bond donors (Lipinski definition) is 1. The van der Waals surface area contributed by atoms with Crippen molar-refractivity contribution in [1.82, 2.24) is 15.1 Å². The van der Waals surface area contributed by atoms with E-state index in [1.807, 2.05) is 0 Å². The maximum absolute atomic E-state index is 12.9. The number of amides is 1. The molecule has 3 heterocycles. The van der Waals surface area contributed by atoms with Crippen LogP contribution in [0.5, 0.6) is 0 Å². The molecule has 112 valence electrons. The van der Waals surface area contributed by atoms with Gasteiger partial charge >= 0.3 is 0 Å². The van der Waals surface area contributed by atoms with Crippen molar-refractivity contribution in [1.29, 1.82) is 0 Å². The first-order valence-electron chi connectivity index (χ1n) is 6.69. The molecule has 3 atom stereocenters. The number of hydrogen-bond acceptors (Lipinski definition) is 4. The summed E-state index contributed by atoms with van der Waals surface area (Å²) in [7, 11) is 1.61. The Balaban J connectivity index is 1.58. The Kier molecular flexibility index (Phi) is 2.80. The standard InChI is InChI=1S/C13H13F2N3O2S/c1-18-13-5(10(17-18)11(14)15)2-8(21-13)12(19)16-9-6-3-20-4-7(6)9/h2,6-7,9,11H,3-4H2,1H3,(H,16,19)/t6-,7+,9?. The fourth-order valence-electron chi connectivity index (χ4n) is 3.02. The minimum absolute atomic E-state index is 0.171. The van der Waals surface area contributed by atoms with Gasteiger partial charge in [-0.1, -0.05) is 0 Å². The Morgan fingerprint density at radius 1 is 1.52 bits per heavy atom. The fraction of sp³-hybridized carbons (Fsp3) is 0.538. The molecule has 0 spiro atoms. The number of aromatic nitrogens is 2. The van der Waals surface area contributed by atoms with E-state index in [1.54, 1.807) is 7.05 Å². The Hall–Kier alpha value is -1.54. The molecule has 1 aliphatic carbocycles. The van der Waals surface area contributed by atoms with Gasteiger partial charge in [-0.3, -0.25) is 9.48 Å². The molecule has 1 amide bonds. The van der Waals surface area contributed by atoms with Crippen LogP contribution < -0.4 is 5.32 Å². The molecule has 0 bridgehead atoms. The van der Waals surface area contributed by atoms with Crippen LogP contribution in [0, 0.1) is 11.8 Å². The second kappa shape index (κ2) is 4.48. The maximum Gasteiger partial charge on any atom is 0.282 e. The largest absolute Gasteiger partial charge is 0.381 e. The zero-order valence-electron chi connectivity index (χ0n) is 11.2. The lowest BCUT2D eigenvalue weighted by atomic mass is 10.3. The lowest BCUT2D eigenvalue weighted by Gasteiger charge is -2.05. The SMILES string of the molecule is Cn1nc(C(F)F)c2cc(C(=O)NC3[C@H]4COC[C@@H]34)sc21. The molecular formula is C13H13F2N3O2S. The predicted octanol–water partition coefficient (Wildman–Crippen LogP) is 1.95. The lowest BCUT2D eigenvalue weighted by molar-refractivity contribution is 0.0933. The van der Waals surface area contributed by atoms with E-state index >= 15 is 0 Å². The smallest absolute Gasteiger partial charge is 0.282 e. The summed E-state index contributed by atoms with van der Waals surface area (Å²) in [6, 6.07) is 1.68. The van der Waals surface area contributed by atoms with Gasteiger partial charge in [-0.2, -0.15) is 5.10 Å². The first-order valence-corrected chi connectivity index (χ1v) is 7.51. The van der Waals surface area contributed by atoms with Gasteiger partial charge < -0.3 is 10.1 Å². The van der Waals surface area contributed by atoms with Crippen LogP contribution in [0.25, 0.3) is 10.2 Å². The number of carbonyl (C=O) groups excluding carboxylic acids is 1. The number of aryl methyl sites for hydroxylation is 1. The average Bonchev–Trinajstić information content (AvgIpc) is 2.88. The number of alkyl halides is 2. The zero-order chi connectivity index (χ0) is 14.7. The van der Waals surface area contributed by atoms with Gasteiger partial charge in [0.15, 0.2) is 0 Å².